The lowest BCUT2D eigenvalue weighted by molar-refractivity contribution is 0.444. The molecule has 0 heterocycles. The molecule has 1 rings (SSSR count). The second kappa shape index (κ2) is 5.29. The first-order chi connectivity index (χ1) is 8.12. The monoisotopic (exact) mass is 268 g/mol. The van der Waals surface area contributed by atoms with E-state index in [-0.39, 0.29) is 17.3 Å². The van der Waals surface area contributed by atoms with Gasteiger partial charge in [0.25, 0.3) is 0 Å². The molecule has 0 saturated heterocycles. The van der Waals surface area contributed by atoms with Gasteiger partial charge in [0.1, 0.15) is 5.75 Å². The van der Waals surface area contributed by atoms with Crippen LogP contribution in [0.4, 0.5) is 0 Å². The van der Waals surface area contributed by atoms with Crippen molar-refractivity contribution in [1.29, 1.82) is 0 Å². The SMILES string of the molecule is C=C(C)c1cc(C[PH](=O)O)cc(C(C)(C)C)c1O. The van der Waals surface area contributed by atoms with E-state index in [1.165, 1.54) is 0 Å². The standard InChI is InChI=1S/C14H21O3P/c1-9(2)11-6-10(8-18(16)17)7-12(13(11)15)14(3,4)5/h6-7,15,18H,1,8H2,2-5H3,(H,16,17). The van der Waals surface area contributed by atoms with Crippen molar-refractivity contribution in [2.45, 2.75) is 39.3 Å². The zero-order valence-corrected chi connectivity index (χ0v) is 12.4. The Bertz CT molecular complexity index is 498. The zero-order valence-electron chi connectivity index (χ0n) is 11.4. The Morgan fingerprint density at radius 2 is 1.94 bits per heavy atom. The summed E-state index contributed by atoms with van der Waals surface area (Å²) in [4.78, 5) is 9.06. The first-order valence-electron chi connectivity index (χ1n) is 5.87. The summed E-state index contributed by atoms with van der Waals surface area (Å²) in [6.45, 7) is 11.6. The van der Waals surface area contributed by atoms with E-state index in [1.54, 1.807) is 12.1 Å². The van der Waals surface area contributed by atoms with Crippen molar-refractivity contribution in [2.75, 3.05) is 0 Å². The van der Waals surface area contributed by atoms with Gasteiger partial charge >= 0.3 is 0 Å². The molecule has 0 aromatic heterocycles. The van der Waals surface area contributed by atoms with E-state index >= 15 is 0 Å². The molecule has 1 unspecified atom stereocenters. The quantitative estimate of drug-likeness (QED) is 0.822. The number of rotatable bonds is 3. The van der Waals surface area contributed by atoms with Crippen LogP contribution in [0.3, 0.4) is 0 Å². The van der Waals surface area contributed by atoms with Crippen molar-refractivity contribution < 1.29 is 14.6 Å². The van der Waals surface area contributed by atoms with Crippen LogP contribution in [-0.2, 0) is 16.1 Å². The van der Waals surface area contributed by atoms with Crippen LogP contribution >= 0.6 is 8.03 Å². The summed E-state index contributed by atoms with van der Waals surface area (Å²) in [5.41, 5.74) is 2.72. The molecule has 4 heteroatoms. The average molecular weight is 268 g/mol. The van der Waals surface area contributed by atoms with E-state index < -0.39 is 8.03 Å². The second-order valence-corrected chi connectivity index (χ2v) is 6.78. The summed E-state index contributed by atoms with van der Waals surface area (Å²) in [5.74, 6) is 0.219. The van der Waals surface area contributed by atoms with Crippen molar-refractivity contribution in [3.05, 3.63) is 35.4 Å². The summed E-state index contributed by atoms with van der Waals surface area (Å²) in [7, 11) is -2.56. The second-order valence-electron chi connectivity index (χ2n) is 5.64. The predicted octanol–water partition coefficient (Wildman–Crippen LogP) is 3.69. The van der Waals surface area contributed by atoms with Gasteiger partial charge in [0.2, 0.25) is 0 Å². The van der Waals surface area contributed by atoms with Gasteiger partial charge in [0, 0.05) is 17.3 Å². The third kappa shape index (κ3) is 3.47. The van der Waals surface area contributed by atoms with Gasteiger partial charge in [-0.05, 0) is 29.5 Å². The number of benzene rings is 1. The highest BCUT2D eigenvalue weighted by Gasteiger charge is 2.21. The van der Waals surface area contributed by atoms with Crippen molar-refractivity contribution in [2.24, 2.45) is 0 Å². The fraction of sp³-hybridized carbons (Fsp3) is 0.429. The molecular weight excluding hydrogens is 247 g/mol. The number of hydrogen-bond donors (Lipinski definition) is 2. The molecule has 0 spiro atoms. The van der Waals surface area contributed by atoms with Gasteiger partial charge in [-0.25, -0.2) is 0 Å². The van der Waals surface area contributed by atoms with E-state index in [9.17, 15) is 9.67 Å². The Morgan fingerprint density at radius 3 is 2.33 bits per heavy atom. The van der Waals surface area contributed by atoms with Crippen molar-refractivity contribution in [3.8, 4) is 5.75 Å². The summed E-state index contributed by atoms with van der Waals surface area (Å²) in [6, 6.07) is 3.55. The van der Waals surface area contributed by atoms with Gasteiger partial charge in [-0.3, -0.25) is 4.57 Å². The largest absolute Gasteiger partial charge is 0.507 e. The minimum atomic E-state index is -2.56. The highest BCUT2D eigenvalue weighted by Crippen LogP contribution is 2.38. The molecular formula is C14H21O3P. The smallest absolute Gasteiger partial charge is 0.193 e. The Kier molecular flexibility index (Phi) is 4.41. The van der Waals surface area contributed by atoms with Crippen LogP contribution in [0.2, 0.25) is 0 Å². The lowest BCUT2D eigenvalue weighted by Crippen LogP contribution is -2.12. The molecule has 2 N–H and O–H groups in total. The van der Waals surface area contributed by atoms with Crippen LogP contribution in [0, 0.1) is 0 Å². The van der Waals surface area contributed by atoms with Gasteiger partial charge in [-0.2, -0.15) is 0 Å². The van der Waals surface area contributed by atoms with Crippen LogP contribution in [-0.4, -0.2) is 10.00 Å². The molecule has 1 aromatic carbocycles. The molecule has 0 saturated carbocycles. The molecule has 0 aliphatic rings. The maximum atomic E-state index is 11.0. The summed E-state index contributed by atoms with van der Waals surface area (Å²) < 4.78 is 11.0. The van der Waals surface area contributed by atoms with Crippen molar-refractivity contribution in [1.82, 2.24) is 0 Å². The van der Waals surface area contributed by atoms with E-state index in [1.807, 2.05) is 27.7 Å². The van der Waals surface area contributed by atoms with Crippen LogP contribution < -0.4 is 0 Å². The normalized spacial score (nSPS) is 13.4. The first-order valence-corrected chi connectivity index (χ1v) is 7.43. The maximum absolute atomic E-state index is 11.0. The van der Waals surface area contributed by atoms with Gasteiger partial charge in [0.05, 0.1) is 0 Å². The number of aromatic hydroxyl groups is 1. The summed E-state index contributed by atoms with van der Waals surface area (Å²) >= 11 is 0. The topological polar surface area (TPSA) is 57.5 Å². The molecule has 1 aromatic rings. The summed E-state index contributed by atoms with van der Waals surface area (Å²) in [5, 5.41) is 10.3. The molecule has 0 fully saturated rings. The fourth-order valence-corrected chi connectivity index (χ4v) is 2.42. The fourth-order valence-electron chi connectivity index (χ4n) is 1.87. The third-order valence-corrected chi connectivity index (χ3v) is 3.50. The molecule has 100 valence electrons. The van der Waals surface area contributed by atoms with Crippen LogP contribution in [0.15, 0.2) is 18.7 Å². The molecule has 3 nitrogen and oxygen atoms in total. The number of hydrogen-bond acceptors (Lipinski definition) is 2. The van der Waals surface area contributed by atoms with E-state index in [0.717, 1.165) is 16.7 Å². The first kappa shape index (κ1) is 15.0. The zero-order chi connectivity index (χ0) is 14.1. The molecule has 1 atom stereocenters. The Hall–Kier alpha value is -1.05. The van der Waals surface area contributed by atoms with Crippen molar-refractivity contribution in [3.63, 3.8) is 0 Å². The Balaban J connectivity index is 3.46. The van der Waals surface area contributed by atoms with Crippen LogP contribution in [0.25, 0.3) is 5.57 Å². The number of allylic oxidation sites excluding steroid dienone is 1. The maximum Gasteiger partial charge on any atom is 0.193 e. The molecule has 0 amide bonds. The van der Waals surface area contributed by atoms with E-state index in [0.29, 0.717) is 5.56 Å². The molecule has 0 aliphatic heterocycles. The highest BCUT2D eigenvalue weighted by atomic mass is 31.1. The minimum Gasteiger partial charge on any atom is -0.507 e. The van der Waals surface area contributed by atoms with Crippen LogP contribution in [0.1, 0.15) is 44.4 Å². The third-order valence-electron chi connectivity index (χ3n) is 2.79. The lowest BCUT2D eigenvalue weighted by atomic mass is 9.83. The molecule has 0 aliphatic carbocycles. The Labute approximate surface area is 109 Å². The predicted molar refractivity (Wildman–Crippen MR) is 76.4 cm³/mol. The van der Waals surface area contributed by atoms with Gasteiger partial charge in [0.15, 0.2) is 8.03 Å². The van der Waals surface area contributed by atoms with Gasteiger partial charge in [-0.1, -0.05) is 33.4 Å². The van der Waals surface area contributed by atoms with Crippen LogP contribution in [0.5, 0.6) is 5.75 Å². The molecule has 18 heavy (non-hydrogen) atoms. The van der Waals surface area contributed by atoms with Gasteiger partial charge < -0.3 is 10.00 Å². The van der Waals surface area contributed by atoms with Gasteiger partial charge in [-0.15, -0.1) is 0 Å². The molecule has 0 radical (unpaired) electrons. The lowest BCUT2D eigenvalue weighted by Gasteiger charge is -2.23. The Morgan fingerprint density at radius 1 is 1.39 bits per heavy atom. The molecule has 0 bridgehead atoms. The summed E-state index contributed by atoms with van der Waals surface area (Å²) in [6.07, 6.45) is 0.133. The average Bonchev–Trinajstić information content (AvgIpc) is 2.17. The van der Waals surface area contributed by atoms with E-state index in [4.69, 9.17) is 4.89 Å². The number of phenolic OH excluding ortho intramolecular Hbond substituents is 1. The highest BCUT2D eigenvalue weighted by molar-refractivity contribution is 7.37. The van der Waals surface area contributed by atoms with E-state index in [2.05, 4.69) is 6.58 Å². The van der Waals surface area contributed by atoms with Crippen molar-refractivity contribution >= 4 is 13.6 Å². The number of phenols is 1. The minimum absolute atomic E-state index is 0.133.